The zero-order valence-corrected chi connectivity index (χ0v) is 17.4. The quantitative estimate of drug-likeness (QED) is 0.290. The molecule has 0 saturated carbocycles. The van der Waals surface area contributed by atoms with Crippen LogP contribution in [-0.2, 0) is 15.7 Å². The summed E-state index contributed by atoms with van der Waals surface area (Å²) < 4.78 is 49.3. The Hall–Kier alpha value is -2.24. The third-order valence-corrected chi connectivity index (χ3v) is 4.52. The van der Waals surface area contributed by atoms with Crippen LogP contribution < -0.4 is 10.6 Å². The number of halogens is 3. The number of ether oxygens (including phenoxy) is 2. The highest BCUT2D eigenvalue weighted by Gasteiger charge is 2.30. The number of hydrogen-bond donors (Lipinski definition) is 2. The third-order valence-electron chi connectivity index (χ3n) is 4.52. The molecule has 8 heteroatoms. The van der Waals surface area contributed by atoms with E-state index in [0.717, 1.165) is 51.2 Å². The number of rotatable bonds is 8. The summed E-state index contributed by atoms with van der Waals surface area (Å²) in [6, 6.07) is 5.00. The molecule has 30 heavy (non-hydrogen) atoms. The summed E-state index contributed by atoms with van der Waals surface area (Å²) in [5.41, 5.74) is -0.369. The van der Waals surface area contributed by atoms with Crippen molar-refractivity contribution < 1.29 is 22.6 Å². The fraction of sp³-hybridized carbons (Fsp3) is 0.591. The predicted octanol–water partition coefficient (Wildman–Crippen LogP) is 3.45. The van der Waals surface area contributed by atoms with E-state index in [4.69, 9.17) is 9.47 Å². The van der Waals surface area contributed by atoms with Crippen molar-refractivity contribution in [3.8, 4) is 11.8 Å². The number of nitrogens with zero attached hydrogens (tertiary/aromatic N) is 1. The van der Waals surface area contributed by atoms with Crippen molar-refractivity contribution in [2.75, 3.05) is 46.1 Å². The topological polar surface area (TPSA) is 54.9 Å². The summed E-state index contributed by atoms with van der Waals surface area (Å²) >= 11 is 0. The summed E-state index contributed by atoms with van der Waals surface area (Å²) in [5.74, 6) is 6.80. The van der Waals surface area contributed by atoms with E-state index < -0.39 is 11.7 Å². The lowest BCUT2D eigenvalue weighted by Gasteiger charge is -2.21. The van der Waals surface area contributed by atoms with Gasteiger partial charge in [0.2, 0.25) is 0 Å². The van der Waals surface area contributed by atoms with Gasteiger partial charge in [0, 0.05) is 45.1 Å². The zero-order valence-electron chi connectivity index (χ0n) is 17.4. The molecule has 1 fully saturated rings. The Kier molecular flexibility index (Phi) is 10.5. The molecule has 2 rings (SSSR count). The second-order valence-electron chi connectivity index (χ2n) is 6.98. The minimum Gasteiger partial charge on any atom is -0.381 e. The summed E-state index contributed by atoms with van der Waals surface area (Å²) in [7, 11) is 0. The van der Waals surface area contributed by atoms with Gasteiger partial charge in [0.25, 0.3) is 0 Å². The van der Waals surface area contributed by atoms with Crippen LogP contribution in [0.3, 0.4) is 0 Å². The van der Waals surface area contributed by atoms with Crippen LogP contribution in [0.5, 0.6) is 0 Å². The second kappa shape index (κ2) is 13.1. The zero-order chi connectivity index (χ0) is 21.7. The highest BCUT2D eigenvalue weighted by Crippen LogP contribution is 2.29. The molecule has 0 aromatic heterocycles. The Morgan fingerprint density at radius 1 is 1.27 bits per heavy atom. The Labute approximate surface area is 176 Å². The lowest BCUT2D eigenvalue weighted by atomic mass is 10.0. The van der Waals surface area contributed by atoms with E-state index in [1.165, 1.54) is 6.07 Å². The van der Waals surface area contributed by atoms with Gasteiger partial charge in [0.05, 0.1) is 12.1 Å². The molecule has 5 nitrogen and oxygen atoms in total. The van der Waals surface area contributed by atoms with E-state index in [-0.39, 0.29) is 6.54 Å². The number of hydrogen-bond acceptors (Lipinski definition) is 3. The largest absolute Gasteiger partial charge is 0.416 e. The molecule has 166 valence electrons. The maximum absolute atomic E-state index is 12.7. The molecule has 0 unspecified atom stereocenters. The number of benzene rings is 1. The molecule has 0 spiro atoms. The third kappa shape index (κ3) is 9.51. The number of alkyl halides is 3. The van der Waals surface area contributed by atoms with E-state index in [9.17, 15) is 13.2 Å². The van der Waals surface area contributed by atoms with Crippen LogP contribution in [0.4, 0.5) is 13.2 Å². The fourth-order valence-corrected chi connectivity index (χ4v) is 2.91. The molecule has 1 heterocycles. The molecule has 1 aromatic carbocycles. The van der Waals surface area contributed by atoms with Gasteiger partial charge in [-0.25, -0.2) is 0 Å². The lowest BCUT2D eigenvalue weighted by Crippen LogP contribution is -2.37. The van der Waals surface area contributed by atoms with Crippen LogP contribution in [0.2, 0.25) is 0 Å². The van der Waals surface area contributed by atoms with Gasteiger partial charge in [0.15, 0.2) is 5.96 Å². The molecule has 1 saturated heterocycles. The molecule has 0 amide bonds. The first-order valence-corrected chi connectivity index (χ1v) is 10.3. The van der Waals surface area contributed by atoms with Crippen LogP contribution in [-0.4, -0.2) is 52.0 Å². The first-order chi connectivity index (χ1) is 14.5. The van der Waals surface area contributed by atoms with Gasteiger partial charge in [0.1, 0.15) is 0 Å². The molecule has 2 N–H and O–H groups in total. The van der Waals surface area contributed by atoms with Gasteiger partial charge in [-0.1, -0.05) is 17.9 Å². The molecular formula is C22H30F3N3O2. The average Bonchev–Trinajstić information content (AvgIpc) is 2.74. The summed E-state index contributed by atoms with van der Waals surface area (Å²) in [6.07, 6.45) is -1.42. The van der Waals surface area contributed by atoms with E-state index in [0.29, 0.717) is 37.1 Å². The molecule has 1 aliphatic heterocycles. The van der Waals surface area contributed by atoms with Gasteiger partial charge >= 0.3 is 6.18 Å². The Balaban J connectivity index is 1.70. The minimum absolute atomic E-state index is 0.280. The highest BCUT2D eigenvalue weighted by molar-refractivity contribution is 5.80. The van der Waals surface area contributed by atoms with E-state index in [1.807, 2.05) is 6.92 Å². The van der Waals surface area contributed by atoms with E-state index >= 15 is 0 Å². The maximum atomic E-state index is 12.7. The number of nitrogens with one attached hydrogen (secondary N) is 2. The van der Waals surface area contributed by atoms with Crippen LogP contribution >= 0.6 is 0 Å². The fourth-order valence-electron chi connectivity index (χ4n) is 2.91. The second-order valence-corrected chi connectivity index (χ2v) is 6.98. The molecular weight excluding hydrogens is 395 g/mol. The Morgan fingerprint density at radius 2 is 2.07 bits per heavy atom. The van der Waals surface area contributed by atoms with Crippen LogP contribution in [0.25, 0.3) is 0 Å². The van der Waals surface area contributed by atoms with Crippen LogP contribution in [0, 0.1) is 17.8 Å². The van der Waals surface area contributed by atoms with Crippen molar-refractivity contribution in [3.63, 3.8) is 0 Å². The number of guanidine groups is 1. The van der Waals surface area contributed by atoms with Crippen molar-refractivity contribution >= 4 is 5.96 Å². The molecule has 0 radical (unpaired) electrons. The molecule has 0 aliphatic carbocycles. The molecule has 1 aromatic rings. The first kappa shape index (κ1) is 24.0. The summed E-state index contributed by atoms with van der Waals surface area (Å²) in [4.78, 5) is 4.47. The summed E-state index contributed by atoms with van der Waals surface area (Å²) in [5, 5.41) is 6.19. The van der Waals surface area contributed by atoms with Gasteiger partial charge < -0.3 is 20.1 Å². The molecule has 0 bridgehead atoms. The van der Waals surface area contributed by atoms with E-state index in [1.54, 1.807) is 6.07 Å². The van der Waals surface area contributed by atoms with Crippen molar-refractivity contribution in [2.24, 2.45) is 10.9 Å². The van der Waals surface area contributed by atoms with Crippen molar-refractivity contribution in [1.82, 2.24) is 10.6 Å². The predicted molar refractivity (Wildman–Crippen MR) is 111 cm³/mol. The molecule has 1 aliphatic rings. The van der Waals surface area contributed by atoms with Gasteiger partial charge in [-0.05, 0) is 50.3 Å². The van der Waals surface area contributed by atoms with Gasteiger partial charge in [-0.2, -0.15) is 13.2 Å². The Bertz CT molecular complexity index is 720. The highest BCUT2D eigenvalue weighted by atomic mass is 19.4. The van der Waals surface area contributed by atoms with Gasteiger partial charge in [-0.3, -0.25) is 4.99 Å². The van der Waals surface area contributed by atoms with Crippen molar-refractivity contribution in [2.45, 2.75) is 32.4 Å². The van der Waals surface area contributed by atoms with E-state index in [2.05, 4.69) is 27.5 Å². The van der Waals surface area contributed by atoms with Crippen LogP contribution in [0.1, 0.15) is 37.3 Å². The maximum Gasteiger partial charge on any atom is 0.416 e. The Morgan fingerprint density at radius 3 is 2.80 bits per heavy atom. The standard InChI is InChI=1S/C22H30F3N3O2/c1-2-26-21(28-12-5-13-30-17-19-9-14-29-15-10-19)27-11-4-7-18-6-3-8-20(16-18)22(23,24)25/h3,6,8,16,19H,2,5,9-15,17H2,1H3,(H2,26,27,28). The normalized spacial score (nSPS) is 15.4. The SMILES string of the molecule is CCNC(=NCCCOCC1CCOCC1)NCC#Cc1cccc(C(F)(F)F)c1. The minimum atomic E-state index is -4.37. The first-order valence-electron chi connectivity index (χ1n) is 10.3. The molecule has 0 atom stereocenters. The lowest BCUT2D eigenvalue weighted by molar-refractivity contribution is -0.137. The smallest absolute Gasteiger partial charge is 0.381 e. The van der Waals surface area contributed by atoms with Crippen molar-refractivity contribution in [1.29, 1.82) is 0 Å². The van der Waals surface area contributed by atoms with Crippen LogP contribution in [0.15, 0.2) is 29.3 Å². The summed E-state index contributed by atoms with van der Waals surface area (Å²) in [6.45, 7) is 6.65. The number of aliphatic imine (C=N–C) groups is 1. The monoisotopic (exact) mass is 425 g/mol. The van der Waals surface area contributed by atoms with Crippen molar-refractivity contribution in [3.05, 3.63) is 35.4 Å². The van der Waals surface area contributed by atoms with Gasteiger partial charge in [-0.15, -0.1) is 0 Å². The average molecular weight is 425 g/mol.